The zero-order chi connectivity index (χ0) is 19.7. The lowest BCUT2D eigenvalue weighted by atomic mass is 10.0. The van der Waals surface area contributed by atoms with Crippen molar-refractivity contribution < 1.29 is 32.6 Å². The number of amides is 1. The molecule has 6 nitrogen and oxygen atoms in total. The number of nitrogens with two attached hydrogens (primary N) is 1. The van der Waals surface area contributed by atoms with E-state index in [9.17, 15) is 18.0 Å². The van der Waals surface area contributed by atoms with E-state index >= 15 is 0 Å². The number of carbonyl (C=O) groups is 2. The molecule has 2 aromatic rings. The number of nitrogens with one attached hydrogen (secondary N) is 1. The van der Waals surface area contributed by atoms with E-state index in [4.69, 9.17) is 20.4 Å². The number of carboxylic acid groups (broad SMARTS) is 1. The van der Waals surface area contributed by atoms with Crippen LogP contribution in [0.3, 0.4) is 0 Å². The highest BCUT2D eigenvalue weighted by Gasteiger charge is 2.38. The standard InChI is InChI=1S/C15H18N2O2.C2HF3O2/c1-19-10-14(16)15(18)17-9-12-7-4-6-11-5-2-3-8-13(11)12;3-2(4,5)1(6)7/h2-8,14H,9-10,16H2,1H3,(H,17,18);(H,6,7). The van der Waals surface area contributed by atoms with Gasteiger partial charge in [-0.2, -0.15) is 13.2 Å². The summed E-state index contributed by atoms with van der Waals surface area (Å²) < 4.78 is 36.6. The van der Waals surface area contributed by atoms with Crippen LogP contribution >= 0.6 is 0 Å². The molecule has 9 heteroatoms. The third-order valence-corrected chi connectivity index (χ3v) is 3.26. The van der Waals surface area contributed by atoms with Crippen molar-refractivity contribution in [2.75, 3.05) is 13.7 Å². The van der Waals surface area contributed by atoms with Crippen molar-refractivity contribution in [1.29, 1.82) is 0 Å². The Morgan fingerprint density at radius 3 is 2.35 bits per heavy atom. The monoisotopic (exact) mass is 372 g/mol. The number of rotatable bonds is 5. The van der Waals surface area contributed by atoms with Crippen LogP contribution in [0, 0.1) is 0 Å². The van der Waals surface area contributed by atoms with Gasteiger partial charge in [-0.25, -0.2) is 4.79 Å². The molecule has 0 heterocycles. The number of aliphatic carboxylic acids is 1. The van der Waals surface area contributed by atoms with Crippen LogP contribution in [-0.2, 0) is 20.9 Å². The van der Waals surface area contributed by atoms with Crippen molar-refractivity contribution in [2.24, 2.45) is 5.73 Å². The van der Waals surface area contributed by atoms with Crippen molar-refractivity contribution in [3.63, 3.8) is 0 Å². The van der Waals surface area contributed by atoms with Crippen LogP contribution in [-0.4, -0.2) is 42.9 Å². The minimum absolute atomic E-state index is 0.199. The first kappa shape index (κ1) is 21.4. The van der Waals surface area contributed by atoms with Crippen LogP contribution in [0.2, 0.25) is 0 Å². The normalized spacial score (nSPS) is 12.0. The van der Waals surface area contributed by atoms with Crippen molar-refractivity contribution >= 4 is 22.6 Å². The van der Waals surface area contributed by atoms with E-state index in [0.29, 0.717) is 6.54 Å². The van der Waals surface area contributed by atoms with Gasteiger partial charge in [0.15, 0.2) is 0 Å². The lowest BCUT2D eigenvalue weighted by Gasteiger charge is -2.12. The van der Waals surface area contributed by atoms with Crippen molar-refractivity contribution in [2.45, 2.75) is 18.8 Å². The van der Waals surface area contributed by atoms with E-state index in [-0.39, 0.29) is 12.5 Å². The van der Waals surface area contributed by atoms with E-state index in [1.807, 2.05) is 30.3 Å². The maximum Gasteiger partial charge on any atom is 0.490 e. The number of methoxy groups -OCH3 is 1. The van der Waals surface area contributed by atoms with Crippen LogP contribution < -0.4 is 11.1 Å². The number of fused-ring (bicyclic) bond motifs is 1. The number of halogens is 3. The molecule has 0 spiro atoms. The molecule has 2 rings (SSSR count). The molecule has 2 aromatic carbocycles. The second kappa shape index (κ2) is 9.73. The fraction of sp³-hybridized carbons (Fsp3) is 0.294. The van der Waals surface area contributed by atoms with Gasteiger partial charge in [-0.1, -0.05) is 42.5 Å². The zero-order valence-corrected chi connectivity index (χ0v) is 13.9. The van der Waals surface area contributed by atoms with Crippen LogP contribution in [0.15, 0.2) is 42.5 Å². The van der Waals surface area contributed by atoms with Gasteiger partial charge in [-0.15, -0.1) is 0 Å². The number of carboxylic acids is 1. The Balaban J connectivity index is 0.000000412. The van der Waals surface area contributed by atoms with Crippen molar-refractivity contribution in [3.05, 3.63) is 48.0 Å². The molecule has 0 fully saturated rings. The van der Waals surface area contributed by atoms with Gasteiger partial charge in [0.05, 0.1) is 6.61 Å². The highest BCUT2D eigenvalue weighted by atomic mass is 19.4. The molecule has 1 atom stereocenters. The van der Waals surface area contributed by atoms with Crippen LogP contribution in [0.4, 0.5) is 13.2 Å². The summed E-state index contributed by atoms with van der Waals surface area (Å²) in [5.41, 5.74) is 6.75. The Kier molecular flexibility index (Phi) is 8.01. The topological polar surface area (TPSA) is 102 Å². The molecule has 26 heavy (non-hydrogen) atoms. The van der Waals surface area contributed by atoms with E-state index in [0.717, 1.165) is 16.3 Å². The van der Waals surface area contributed by atoms with Gasteiger partial charge >= 0.3 is 12.1 Å². The third-order valence-electron chi connectivity index (χ3n) is 3.26. The lowest BCUT2D eigenvalue weighted by molar-refractivity contribution is -0.192. The highest BCUT2D eigenvalue weighted by Crippen LogP contribution is 2.18. The Hall–Kier alpha value is -2.65. The Labute approximate surface area is 147 Å². The molecule has 0 aliphatic carbocycles. The SMILES string of the molecule is COCC(N)C(=O)NCc1cccc2ccccc12.O=C(O)C(F)(F)F. The van der Waals surface area contributed by atoms with Gasteiger partial charge in [-0.3, -0.25) is 4.79 Å². The second-order valence-corrected chi connectivity index (χ2v) is 5.22. The quantitative estimate of drug-likeness (QED) is 0.746. The Morgan fingerprint density at radius 2 is 1.77 bits per heavy atom. The summed E-state index contributed by atoms with van der Waals surface area (Å²) in [7, 11) is 1.53. The molecule has 1 amide bonds. The van der Waals surface area contributed by atoms with Gasteiger partial charge in [0, 0.05) is 13.7 Å². The van der Waals surface area contributed by atoms with Crippen molar-refractivity contribution in [3.8, 4) is 0 Å². The van der Waals surface area contributed by atoms with E-state index < -0.39 is 18.2 Å². The summed E-state index contributed by atoms with van der Waals surface area (Å²) in [6.07, 6.45) is -5.08. The fourth-order valence-electron chi connectivity index (χ4n) is 2.02. The van der Waals surface area contributed by atoms with Gasteiger partial charge in [0.1, 0.15) is 6.04 Å². The van der Waals surface area contributed by atoms with Crippen LogP contribution in [0.1, 0.15) is 5.56 Å². The zero-order valence-electron chi connectivity index (χ0n) is 13.9. The summed E-state index contributed by atoms with van der Waals surface area (Å²) in [5.74, 6) is -2.96. The summed E-state index contributed by atoms with van der Waals surface area (Å²) >= 11 is 0. The van der Waals surface area contributed by atoms with E-state index in [2.05, 4.69) is 17.4 Å². The Bertz CT molecular complexity index is 745. The predicted octanol–water partition coefficient (Wildman–Crippen LogP) is 2.06. The average Bonchev–Trinajstić information content (AvgIpc) is 2.59. The molecule has 4 N–H and O–H groups in total. The summed E-state index contributed by atoms with van der Waals surface area (Å²) in [6.45, 7) is 0.693. The molecule has 0 bridgehead atoms. The number of carbonyl (C=O) groups excluding carboxylic acids is 1. The number of ether oxygens (including phenoxy) is 1. The molecule has 0 saturated carbocycles. The van der Waals surface area contributed by atoms with E-state index in [1.165, 1.54) is 7.11 Å². The number of hydrogen-bond acceptors (Lipinski definition) is 4. The average molecular weight is 372 g/mol. The summed E-state index contributed by atoms with van der Waals surface area (Å²) in [4.78, 5) is 20.6. The smallest absolute Gasteiger partial charge is 0.475 e. The van der Waals surface area contributed by atoms with Gasteiger partial charge in [0.25, 0.3) is 0 Å². The number of hydrogen-bond donors (Lipinski definition) is 3. The molecule has 1 unspecified atom stereocenters. The molecule has 0 radical (unpaired) electrons. The van der Waals surface area contributed by atoms with Gasteiger partial charge < -0.3 is 20.9 Å². The molecule has 0 aliphatic rings. The summed E-state index contributed by atoms with van der Waals surface area (Å²) in [5, 5.41) is 12.3. The van der Waals surface area contributed by atoms with E-state index in [1.54, 1.807) is 0 Å². The first-order valence-corrected chi connectivity index (χ1v) is 7.45. The predicted molar refractivity (Wildman–Crippen MR) is 89.3 cm³/mol. The lowest BCUT2D eigenvalue weighted by Crippen LogP contribution is -2.43. The number of alkyl halides is 3. The molecule has 0 saturated heterocycles. The number of benzene rings is 2. The molecular formula is C17H19F3N2O4. The largest absolute Gasteiger partial charge is 0.490 e. The fourth-order valence-corrected chi connectivity index (χ4v) is 2.02. The van der Waals surface area contributed by atoms with Gasteiger partial charge in [0.2, 0.25) is 5.91 Å². The third kappa shape index (κ3) is 6.69. The molecule has 0 aliphatic heterocycles. The summed E-state index contributed by atoms with van der Waals surface area (Å²) in [6, 6.07) is 13.5. The van der Waals surface area contributed by atoms with Crippen LogP contribution in [0.25, 0.3) is 10.8 Å². The minimum atomic E-state index is -5.08. The Morgan fingerprint density at radius 1 is 1.19 bits per heavy atom. The highest BCUT2D eigenvalue weighted by molar-refractivity contribution is 5.86. The van der Waals surface area contributed by atoms with Gasteiger partial charge in [-0.05, 0) is 16.3 Å². The molecule has 0 aromatic heterocycles. The minimum Gasteiger partial charge on any atom is -0.475 e. The maximum atomic E-state index is 11.7. The first-order chi connectivity index (χ1) is 12.2. The van der Waals surface area contributed by atoms with Crippen LogP contribution in [0.5, 0.6) is 0 Å². The maximum absolute atomic E-state index is 11.7. The second-order valence-electron chi connectivity index (χ2n) is 5.22. The van der Waals surface area contributed by atoms with Crippen molar-refractivity contribution in [1.82, 2.24) is 5.32 Å². The first-order valence-electron chi connectivity index (χ1n) is 7.45. The molecular weight excluding hydrogens is 353 g/mol. The molecule has 142 valence electrons.